The Morgan fingerprint density at radius 1 is 1.07 bits per heavy atom. The van der Waals surface area contributed by atoms with E-state index in [1.165, 1.54) is 20.9 Å². The standard InChI is InChI=1S/C24H32O2SSi/c1-16-14-17-15-18(12-13-20(17)25-24(16,5)6)27-21-11-9-10-19(23(2,3)4)22(21)26-28(7)8/h9-15,28H,1-8H3. The molecule has 0 amide bonds. The summed E-state index contributed by atoms with van der Waals surface area (Å²) < 4.78 is 12.6. The summed E-state index contributed by atoms with van der Waals surface area (Å²) in [5.74, 6) is 2.01. The number of benzene rings is 2. The molecule has 1 heterocycles. The first-order valence-corrected chi connectivity index (χ1v) is 13.6. The van der Waals surface area contributed by atoms with Gasteiger partial charge in [-0.1, -0.05) is 44.7 Å². The quantitative estimate of drug-likeness (QED) is 0.500. The SMILES string of the molecule is CC1=Cc2cc(Sc3cccc(C(C)(C)C)c3O[SiH](C)C)ccc2OC1(C)C. The first kappa shape index (κ1) is 21.1. The molecule has 3 rings (SSSR count). The van der Waals surface area contributed by atoms with Gasteiger partial charge in [-0.3, -0.25) is 0 Å². The Balaban J connectivity index is 1.99. The van der Waals surface area contributed by atoms with E-state index in [0.717, 1.165) is 17.1 Å². The molecule has 2 nitrogen and oxygen atoms in total. The largest absolute Gasteiger partial charge is 0.546 e. The summed E-state index contributed by atoms with van der Waals surface area (Å²) in [7, 11) is -1.22. The Hall–Kier alpha value is -1.65. The van der Waals surface area contributed by atoms with Gasteiger partial charge in [-0.2, -0.15) is 0 Å². The second kappa shape index (κ2) is 7.64. The van der Waals surface area contributed by atoms with Crippen molar-refractivity contribution in [3.63, 3.8) is 0 Å². The van der Waals surface area contributed by atoms with E-state index in [4.69, 9.17) is 9.16 Å². The third kappa shape index (κ3) is 4.49. The van der Waals surface area contributed by atoms with Gasteiger partial charge in [0.15, 0.2) is 0 Å². The van der Waals surface area contributed by atoms with Crippen molar-refractivity contribution in [3.05, 3.63) is 53.1 Å². The van der Waals surface area contributed by atoms with Crippen LogP contribution in [0.1, 0.15) is 52.7 Å². The summed E-state index contributed by atoms with van der Waals surface area (Å²) in [5, 5.41) is 0. The lowest BCUT2D eigenvalue weighted by Gasteiger charge is -2.32. The van der Waals surface area contributed by atoms with Crippen molar-refractivity contribution >= 4 is 26.9 Å². The first-order chi connectivity index (χ1) is 13.0. The van der Waals surface area contributed by atoms with Crippen LogP contribution in [0.25, 0.3) is 6.08 Å². The average molecular weight is 413 g/mol. The number of rotatable bonds is 4. The monoisotopic (exact) mass is 412 g/mol. The van der Waals surface area contributed by atoms with Gasteiger partial charge >= 0.3 is 0 Å². The predicted molar refractivity (Wildman–Crippen MR) is 124 cm³/mol. The maximum atomic E-state index is 6.41. The Morgan fingerprint density at radius 2 is 1.79 bits per heavy atom. The molecule has 1 aliphatic rings. The molecule has 0 spiro atoms. The molecular weight excluding hydrogens is 380 g/mol. The van der Waals surface area contributed by atoms with Gasteiger partial charge in [0.05, 0.1) is 4.90 Å². The average Bonchev–Trinajstić information content (AvgIpc) is 2.56. The van der Waals surface area contributed by atoms with Gasteiger partial charge in [0, 0.05) is 10.5 Å². The van der Waals surface area contributed by atoms with Crippen molar-refractivity contribution in [1.29, 1.82) is 0 Å². The highest BCUT2D eigenvalue weighted by Crippen LogP contribution is 2.44. The molecule has 0 aromatic heterocycles. The predicted octanol–water partition coefficient (Wildman–Crippen LogP) is 7.07. The summed E-state index contributed by atoms with van der Waals surface area (Å²) in [4.78, 5) is 2.39. The van der Waals surface area contributed by atoms with Crippen molar-refractivity contribution < 1.29 is 9.16 Å². The topological polar surface area (TPSA) is 18.5 Å². The van der Waals surface area contributed by atoms with Crippen molar-refractivity contribution in [2.24, 2.45) is 0 Å². The van der Waals surface area contributed by atoms with Gasteiger partial charge in [0.25, 0.3) is 0 Å². The molecule has 0 N–H and O–H groups in total. The zero-order chi connectivity index (χ0) is 20.7. The minimum atomic E-state index is -1.22. The molecule has 0 unspecified atom stereocenters. The molecule has 4 heteroatoms. The molecule has 2 aromatic rings. The maximum Gasteiger partial charge on any atom is 0.229 e. The van der Waals surface area contributed by atoms with Crippen LogP contribution >= 0.6 is 11.8 Å². The van der Waals surface area contributed by atoms with Gasteiger partial charge in [-0.25, -0.2) is 0 Å². The summed E-state index contributed by atoms with van der Waals surface area (Å²) in [5.41, 5.74) is 3.47. The fraction of sp³-hybridized carbons (Fsp3) is 0.417. The van der Waals surface area contributed by atoms with Gasteiger partial charge in [0.1, 0.15) is 17.1 Å². The van der Waals surface area contributed by atoms with E-state index in [0.29, 0.717) is 0 Å². The Kier molecular flexibility index (Phi) is 5.75. The molecule has 28 heavy (non-hydrogen) atoms. The molecule has 150 valence electrons. The zero-order valence-electron chi connectivity index (χ0n) is 18.3. The van der Waals surface area contributed by atoms with E-state index in [1.54, 1.807) is 11.8 Å². The van der Waals surface area contributed by atoms with Gasteiger partial charge in [0.2, 0.25) is 9.04 Å². The summed E-state index contributed by atoms with van der Waals surface area (Å²) in [6.07, 6.45) is 2.24. The Bertz CT molecular complexity index is 907. The van der Waals surface area contributed by atoms with Crippen molar-refractivity contribution in [3.8, 4) is 11.5 Å². The second-order valence-electron chi connectivity index (χ2n) is 9.29. The van der Waals surface area contributed by atoms with Crippen LogP contribution in [0.5, 0.6) is 11.5 Å². The third-order valence-electron chi connectivity index (χ3n) is 5.04. The van der Waals surface area contributed by atoms with Crippen LogP contribution in [0.15, 0.2) is 51.8 Å². The highest BCUT2D eigenvalue weighted by molar-refractivity contribution is 7.99. The number of hydrogen-bond donors (Lipinski definition) is 0. The van der Waals surface area contributed by atoms with Crippen LogP contribution in [0, 0.1) is 0 Å². The molecule has 2 aromatic carbocycles. The second-order valence-corrected chi connectivity index (χ2v) is 12.7. The number of ether oxygens (including phenoxy) is 1. The fourth-order valence-electron chi connectivity index (χ4n) is 3.23. The third-order valence-corrected chi connectivity index (χ3v) is 6.77. The molecular formula is C24H32O2SSi. The molecule has 0 saturated carbocycles. The van der Waals surface area contributed by atoms with E-state index in [1.807, 2.05) is 0 Å². The zero-order valence-corrected chi connectivity index (χ0v) is 20.3. The lowest BCUT2D eigenvalue weighted by Crippen LogP contribution is -2.31. The minimum absolute atomic E-state index is 0.0460. The Labute approximate surface area is 176 Å². The number of hydrogen-bond acceptors (Lipinski definition) is 3. The van der Waals surface area contributed by atoms with Crippen molar-refractivity contribution in [1.82, 2.24) is 0 Å². The molecule has 0 bridgehead atoms. The number of para-hydroxylation sites is 1. The van der Waals surface area contributed by atoms with Gasteiger partial charge in [-0.05, 0) is 80.8 Å². The highest BCUT2D eigenvalue weighted by atomic mass is 32.2. The van der Waals surface area contributed by atoms with Gasteiger partial charge in [-0.15, -0.1) is 0 Å². The normalized spacial score (nSPS) is 15.7. The summed E-state index contributed by atoms with van der Waals surface area (Å²) in [6.45, 7) is 17.5. The lowest BCUT2D eigenvalue weighted by atomic mass is 9.86. The van der Waals surface area contributed by atoms with E-state index in [9.17, 15) is 0 Å². The molecule has 1 aliphatic heterocycles. The fourth-order valence-corrected chi connectivity index (χ4v) is 5.01. The van der Waals surface area contributed by atoms with Crippen LogP contribution < -0.4 is 9.16 Å². The van der Waals surface area contributed by atoms with E-state index >= 15 is 0 Å². The van der Waals surface area contributed by atoms with Crippen LogP contribution in [-0.4, -0.2) is 14.6 Å². The summed E-state index contributed by atoms with van der Waals surface area (Å²) in [6, 6.07) is 13.0. The van der Waals surface area contributed by atoms with E-state index in [2.05, 4.69) is 97.1 Å². The maximum absolute atomic E-state index is 6.41. The van der Waals surface area contributed by atoms with Crippen LogP contribution in [0.4, 0.5) is 0 Å². The van der Waals surface area contributed by atoms with Gasteiger partial charge < -0.3 is 9.16 Å². The van der Waals surface area contributed by atoms with Crippen molar-refractivity contribution in [2.75, 3.05) is 0 Å². The molecule has 0 atom stereocenters. The van der Waals surface area contributed by atoms with Crippen LogP contribution in [-0.2, 0) is 5.41 Å². The van der Waals surface area contributed by atoms with E-state index < -0.39 is 9.04 Å². The van der Waals surface area contributed by atoms with E-state index in [-0.39, 0.29) is 11.0 Å². The number of fused-ring (bicyclic) bond motifs is 1. The smallest absolute Gasteiger partial charge is 0.229 e. The first-order valence-electron chi connectivity index (χ1n) is 9.97. The van der Waals surface area contributed by atoms with Crippen molar-refractivity contribution in [2.45, 2.75) is 75.4 Å². The Morgan fingerprint density at radius 3 is 2.43 bits per heavy atom. The van der Waals surface area contributed by atoms with Crippen LogP contribution in [0.3, 0.4) is 0 Å². The molecule has 0 fully saturated rings. The molecule has 0 saturated heterocycles. The van der Waals surface area contributed by atoms with Crippen LogP contribution in [0.2, 0.25) is 13.1 Å². The lowest BCUT2D eigenvalue weighted by molar-refractivity contribution is 0.145. The highest BCUT2D eigenvalue weighted by Gasteiger charge is 2.28. The molecule has 0 radical (unpaired) electrons. The summed E-state index contributed by atoms with van der Waals surface area (Å²) >= 11 is 1.77. The minimum Gasteiger partial charge on any atom is -0.546 e. The molecule has 0 aliphatic carbocycles.